The molecular weight excluding hydrogens is 570 g/mol. The van der Waals surface area contributed by atoms with Crippen LogP contribution in [0.5, 0.6) is 0 Å². The van der Waals surface area contributed by atoms with Crippen molar-refractivity contribution in [1.82, 2.24) is 4.90 Å². The molecule has 4 aromatic rings. The molecule has 214 valence electrons. The van der Waals surface area contributed by atoms with Crippen LogP contribution in [0, 0.1) is 5.92 Å². The number of nitrogens with zero attached hydrogens (tertiary/aromatic N) is 2. The van der Waals surface area contributed by atoms with Gasteiger partial charge in [0.25, 0.3) is 15.9 Å². The summed E-state index contributed by atoms with van der Waals surface area (Å²) in [6.45, 7) is 1.06. The Bertz CT molecular complexity index is 1720. The van der Waals surface area contributed by atoms with Crippen molar-refractivity contribution < 1.29 is 18.0 Å². The molecule has 1 atom stereocenters. The smallest absolute Gasteiger partial charge is 0.266 e. The maximum atomic E-state index is 14.1. The van der Waals surface area contributed by atoms with Crippen LogP contribution in [0.4, 0.5) is 11.4 Å². The first-order valence-electron chi connectivity index (χ1n) is 13.9. The summed E-state index contributed by atoms with van der Waals surface area (Å²) in [5.41, 5.74) is 3.44. The fraction of sp³-hybridized carbons (Fsp3) is 0.212. The number of carbonyl (C=O) groups excluding carboxylic acids is 2. The van der Waals surface area contributed by atoms with Gasteiger partial charge in [0, 0.05) is 24.3 Å². The average Bonchev–Trinajstić information content (AvgIpc) is 3.36. The van der Waals surface area contributed by atoms with Crippen molar-refractivity contribution in [3.05, 3.63) is 125 Å². The molecule has 0 aliphatic carbocycles. The molecule has 7 nitrogen and oxygen atoms in total. The summed E-state index contributed by atoms with van der Waals surface area (Å²) in [6.07, 6.45) is 1.35. The van der Waals surface area contributed by atoms with E-state index in [0.717, 1.165) is 16.8 Å². The van der Waals surface area contributed by atoms with E-state index in [4.69, 9.17) is 11.6 Å². The van der Waals surface area contributed by atoms with Gasteiger partial charge in [-0.15, -0.1) is 0 Å². The minimum Gasteiger partial charge on any atom is -0.339 e. The summed E-state index contributed by atoms with van der Waals surface area (Å²) < 4.78 is 29.5. The van der Waals surface area contributed by atoms with Gasteiger partial charge in [0.05, 0.1) is 23.2 Å². The number of para-hydroxylation sites is 2. The van der Waals surface area contributed by atoms with E-state index >= 15 is 0 Å². The quantitative estimate of drug-likeness (QED) is 0.269. The molecule has 2 aliphatic heterocycles. The number of likely N-dealkylation sites (tertiary alicyclic amines) is 1. The lowest BCUT2D eigenvalue weighted by Gasteiger charge is -2.34. The maximum Gasteiger partial charge on any atom is 0.266 e. The molecule has 6 rings (SSSR count). The van der Waals surface area contributed by atoms with Gasteiger partial charge in [0.1, 0.15) is 4.90 Å². The molecule has 9 heteroatoms. The van der Waals surface area contributed by atoms with Crippen molar-refractivity contribution in [2.24, 2.45) is 5.92 Å². The van der Waals surface area contributed by atoms with E-state index < -0.39 is 10.0 Å². The number of hydrogen-bond acceptors (Lipinski definition) is 4. The number of anilines is 2. The number of halogens is 1. The zero-order valence-corrected chi connectivity index (χ0v) is 24.4. The highest BCUT2D eigenvalue weighted by Gasteiger charge is 2.39. The number of amides is 2. The van der Waals surface area contributed by atoms with E-state index in [2.05, 4.69) is 5.32 Å². The standard InChI is InChI=1S/C33H30ClN3O4S/c34-28-16-15-25(33(39)36-19-17-24(18-20-36)31-27-13-7-8-14-29(27)35-32(31)38)21-30(28)42(40,41)37(26-11-5-2-6-12-26)22-23-9-3-1-4-10-23/h1-16,21,24,31H,17-20,22H2,(H,35,38). The second kappa shape index (κ2) is 11.6. The SMILES string of the molecule is O=C1Nc2ccccc2C1C1CCN(C(=O)c2ccc(Cl)c(S(=O)(=O)N(Cc3ccccc3)c3ccccc3)c2)CC1. The van der Waals surface area contributed by atoms with Gasteiger partial charge in [-0.2, -0.15) is 0 Å². The molecule has 1 saturated heterocycles. The number of benzene rings is 4. The number of piperidine rings is 1. The lowest BCUT2D eigenvalue weighted by Crippen LogP contribution is -2.40. The maximum absolute atomic E-state index is 14.1. The van der Waals surface area contributed by atoms with Crippen molar-refractivity contribution in [3.63, 3.8) is 0 Å². The largest absolute Gasteiger partial charge is 0.339 e. The monoisotopic (exact) mass is 599 g/mol. The number of rotatable bonds is 7. The van der Waals surface area contributed by atoms with E-state index in [0.29, 0.717) is 31.6 Å². The predicted octanol–water partition coefficient (Wildman–Crippen LogP) is 6.32. The highest BCUT2D eigenvalue weighted by Crippen LogP contribution is 2.41. The van der Waals surface area contributed by atoms with Gasteiger partial charge in [-0.1, -0.05) is 78.3 Å². The molecule has 0 radical (unpaired) electrons. The minimum atomic E-state index is -4.14. The third kappa shape index (κ3) is 5.40. The van der Waals surface area contributed by atoms with Crippen molar-refractivity contribution in [3.8, 4) is 0 Å². The molecule has 2 aliphatic rings. The van der Waals surface area contributed by atoms with Crippen molar-refractivity contribution >= 4 is 44.8 Å². The predicted molar refractivity (Wildman–Crippen MR) is 164 cm³/mol. The third-order valence-electron chi connectivity index (χ3n) is 8.09. The van der Waals surface area contributed by atoms with Crippen LogP contribution in [0.25, 0.3) is 0 Å². The van der Waals surface area contributed by atoms with Crippen LogP contribution >= 0.6 is 11.6 Å². The number of carbonyl (C=O) groups is 2. The van der Waals surface area contributed by atoms with E-state index in [9.17, 15) is 18.0 Å². The van der Waals surface area contributed by atoms with Gasteiger partial charge < -0.3 is 10.2 Å². The molecule has 0 bridgehead atoms. The number of fused-ring (bicyclic) bond motifs is 1. The van der Waals surface area contributed by atoms with Crippen molar-refractivity contribution in [2.45, 2.75) is 30.2 Å². The first-order valence-corrected chi connectivity index (χ1v) is 15.7. The van der Waals surface area contributed by atoms with Gasteiger partial charge in [-0.25, -0.2) is 8.42 Å². The summed E-state index contributed by atoms with van der Waals surface area (Å²) in [6, 6.07) is 30.3. The molecule has 0 saturated carbocycles. The Hall–Kier alpha value is -4.14. The van der Waals surface area contributed by atoms with E-state index in [1.807, 2.05) is 60.7 Å². The fourth-order valence-electron chi connectivity index (χ4n) is 5.93. The van der Waals surface area contributed by atoms with Crippen molar-refractivity contribution in [1.29, 1.82) is 0 Å². The molecule has 1 unspecified atom stereocenters. The molecule has 2 heterocycles. The van der Waals surface area contributed by atoms with Crippen LogP contribution in [0.15, 0.2) is 108 Å². The van der Waals surface area contributed by atoms with Crippen LogP contribution in [0.1, 0.15) is 40.2 Å². The van der Waals surface area contributed by atoms with Crippen LogP contribution in [-0.2, 0) is 21.4 Å². The summed E-state index contributed by atoms with van der Waals surface area (Å²) in [4.78, 5) is 28.0. The van der Waals surface area contributed by atoms with E-state index in [1.165, 1.54) is 16.4 Å². The number of nitrogens with one attached hydrogen (secondary N) is 1. The summed E-state index contributed by atoms with van der Waals surface area (Å²) in [5, 5.41) is 3.02. The van der Waals surface area contributed by atoms with E-state index in [1.54, 1.807) is 35.2 Å². The number of sulfonamides is 1. The van der Waals surface area contributed by atoms with Crippen LogP contribution in [0.2, 0.25) is 5.02 Å². The van der Waals surface area contributed by atoms with Crippen LogP contribution < -0.4 is 9.62 Å². The molecular formula is C33H30ClN3O4S. The lowest BCUT2D eigenvalue weighted by atomic mass is 9.80. The zero-order chi connectivity index (χ0) is 29.3. The van der Waals surface area contributed by atoms with Gasteiger partial charge in [0.15, 0.2) is 0 Å². The number of hydrogen-bond donors (Lipinski definition) is 1. The molecule has 42 heavy (non-hydrogen) atoms. The van der Waals surface area contributed by atoms with E-state index in [-0.39, 0.29) is 45.7 Å². The van der Waals surface area contributed by atoms with Crippen LogP contribution in [-0.4, -0.2) is 38.2 Å². The second-order valence-corrected chi connectivity index (χ2v) is 12.9. The van der Waals surface area contributed by atoms with Gasteiger partial charge in [0.2, 0.25) is 5.91 Å². The highest BCUT2D eigenvalue weighted by molar-refractivity contribution is 7.93. The van der Waals surface area contributed by atoms with Gasteiger partial charge in [-0.3, -0.25) is 13.9 Å². The minimum absolute atomic E-state index is 0.00648. The molecule has 1 fully saturated rings. The Kier molecular flexibility index (Phi) is 7.75. The summed E-state index contributed by atoms with van der Waals surface area (Å²) in [7, 11) is -4.14. The topological polar surface area (TPSA) is 86.8 Å². The molecule has 2 amide bonds. The highest BCUT2D eigenvalue weighted by atomic mass is 35.5. The Morgan fingerprint density at radius 1 is 0.881 bits per heavy atom. The normalized spacial score (nSPS) is 17.0. The summed E-state index contributed by atoms with van der Waals surface area (Å²) in [5.74, 6) is -0.352. The Labute approximate surface area is 250 Å². The van der Waals surface area contributed by atoms with Gasteiger partial charge in [-0.05, 0) is 66.3 Å². The Morgan fingerprint density at radius 3 is 2.24 bits per heavy atom. The molecule has 0 aromatic heterocycles. The zero-order valence-electron chi connectivity index (χ0n) is 22.8. The third-order valence-corrected chi connectivity index (χ3v) is 10.3. The first-order chi connectivity index (χ1) is 20.3. The molecule has 4 aromatic carbocycles. The fourth-order valence-corrected chi connectivity index (χ4v) is 7.89. The van der Waals surface area contributed by atoms with Crippen molar-refractivity contribution in [2.75, 3.05) is 22.7 Å². The Morgan fingerprint density at radius 2 is 1.52 bits per heavy atom. The summed E-state index contributed by atoms with van der Waals surface area (Å²) >= 11 is 6.48. The Balaban J connectivity index is 1.23. The molecule has 1 N–H and O–H groups in total. The van der Waals surface area contributed by atoms with Crippen LogP contribution in [0.3, 0.4) is 0 Å². The first kappa shape index (κ1) is 28.0. The molecule has 0 spiro atoms. The second-order valence-electron chi connectivity index (χ2n) is 10.7. The average molecular weight is 600 g/mol. The lowest BCUT2D eigenvalue weighted by molar-refractivity contribution is -0.118. The van der Waals surface area contributed by atoms with Gasteiger partial charge >= 0.3 is 0 Å².